The Morgan fingerprint density at radius 1 is 0.925 bits per heavy atom. The van der Waals surface area contributed by atoms with Crippen LogP contribution < -0.4 is 9.62 Å². The normalized spacial score (nSPS) is 12.1. The van der Waals surface area contributed by atoms with Crippen LogP contribution in [0.3, 0.4) is 0 Å². The third-order valence-electron chi connectivity index (χ3n) is 6.78. The molecular formula is C31H38FN3O4S. The van der Waals surface area contributed by atoms with Crippen LogP contribution in [0, 0.1) is 26.6 Å². The third-order valence-corrected chi connectivity index (χ3v) is 8.56. The second-order valence-electron chi connectivity index (χ2n) is 10.1. The van der Waals surface area contributed by atoms with E-state index in [0.717, 1.165) is 28.3 Å². The minimum Gasteiger partial charge on any atom is -0.354 e. The highest BCUT2D eigenvalue weighted by atomic mass is 32.2. The van der Waals surface area contributed by atoms with E-state index in [1.165, 1.54) is 29.2 Å². The molecule has 0 aliphatic carbocycles. The van der Waals surface area contributed by atoms with Gasteiger partial charge in [0.15, 0.2) is 0 Å². The van der Waals surface area contributed by atoms with Gasteiger partial charge in [0.25, 0.3) is 10.0 Å². The first-order chi connectivity index (χ1) is 18.9. The van der Waals surface area contributed by atoms with E-state index < -0.39 is 34.3 Å². The molecule has 0 fully saturated rings. The molecule has 40 heavy (non-hydrogen) atoms. The van der Waals surface area contributed by atoms with E-state index in [2.05, 4.69) is 5.32 Å². The standard InChI is InChI=1S/C31H38FN3O4S/c1-6-7-18-33-31(37)25(5)34(20-26-12-14-27(32)15-13-26)30(36)21-35(29-19-23(3)8-11-24(29)4)40(38,39)28-16-9-22(2)10-17-28/h8-17,19,25H,6-7,18,20-21H2,1-5H3,(H,33,37). The molecule has 0 saturated carbocycles. The van der Waals surface area contributed by atoms with Gasteiger partial charge in [0.2, 0.25) is 11.8 Å². The Morgan fingerprint density at radius 2 is 1.55 bits per heavy atom. The number of amides is 2. The minimum absolute atomic E-state index is 0.00664. The van der Waals surface area contributed by atoms with Gasteiger partial charge >= 0.3 is 0 Å². The number of sulfonamides is 1. The fourth-order valence-electron chi connectivity index (χ4n) is 4.24. The number of hydrogen-bond acceptors (Lipinski definition) is 4. The molecule has 9 heteroatoms. The maximum Gasteiger partial charge on any atom is 0.264 e. The number of rotatable bonds is 12. The topological polar surface area (TPSA) is 86.8 Å². The summed E-state index contributed by atoms with van der Waals surface area (Å²) in [6.07, 6.45) is 1.69. The molecule has 1 unspecified atom stereocenters. The van der Waals surface area contributed by atoms with Gasteiger partial charge in [0.05, 0.1) is 10.6 Å². The van der Waals surface area contributed by atoms with Crippen LogP contribution in [-0.2, 0) is 26.2 Å². The number of hydrogen-bond donors (Lipinski definition) is 1. The zero-order valence-corrected chi connectivity index (χ0v) is 24.6. The SMILES string of the molecule is CCCCNC(=O)C(C)N(Cc1ccc(F)cc1)C(=O)CN(c1cc(C)ccc1C)S(=O)(=O)c1ccc(C)cc1. The van der Waals surface area contributed by atoms with Gasteiger partial charge in [-0.15, -0.1) is 0 Å². The van der Waals surface area contributed by atoms with E-state index in [4.69, 9.17) is 0 Å². The quantitative estimate of drug-likeness (QED) is 0.302. The number of benzene rings is 3. The Balaban J connectivity index is 2.04. The smallest absolute Gasteiger partial charge is 0.264 e. The number of unbranched alkanes of at least 4 members (excludes halogenated alkanes) is 1. The first-order valence-electron chi connectivity index (χ1n) is 13.4. The number of carbonyl (C=O) groups excluding carboxylic acids is 2. The molecule has 214 valence electrons. The van der Waals surface area contributed by atoms with Gasteiger partial charge in [0, 0.05) is 13.1 Å². The van der Waals surface area contributed by atoms with Crippen molar-refractivity contribution >= 4 is 27.5 Å². The van der Waals surface area contributed by atoms with E-state index in [1.807, 2.05) is 32.9 Å². The lowest BCUT2D eigenvalue weighted by Gasteiger charge is -2.32. The van der Waals surface area contributed by atoms with Crippen LogP contribution in [0.4, 0.5) is 10.1 Å². The van der Waals surface area contributed by atoms with Gasteiger partial charge in [0.1, 0.15) is 18.4 Å². The molecule has 0 aliphatic heterocycles. The highest BCUT2D eigenvalue weighted by Gasteiger charge is 2.33. The predicted octanol–water partition coefficient (Wildman–Crippen LogP) is 5.28. The first kappa shape index (κ1) is 30.8. The first-order valence-corrected chi connectivity index (χ1v) is 14.9. The molecule has 0 bridgehead atoms. The summed E-state index contributed by atoms with van der Waals surface area (Å²) >= 11 is 0. The number of anilines is 1. The van der Waals surface area contributed by atoms with Gasteiger partial charge in [-0.25, -0.2) is 12.8 Å². The van der Waals surface area contributed by atoms with Crippen LogP contribution in [0.25, 0.3) is 0 Å². The zero-order chi connectivity index (χ0) is 29.4. The van der Waals surface area contributed by atoms with Crippen molar-refractivity contribution in [3.8, 4) is 0 Å². The maximum atomic E-state index is 14.0. The van der Waals surface area contributed by atoms with Crippen molar-refractivity contribution in [2.45, 2.75) is 64.9 Å². The van der Waals surface area contributed by atoms with E-state index in [0.29, 0.717) is 23.4 Å². The summed E-state index contributed by atoms with van der Waals surface area (Å²) in [7, 11) is -4.15. The summed E-state index contributed by atoms with van der Waals surface area (Å²) in [5.74, 6) is -1.32. The lowest BCUT2D eigenvalue weighted by atomic mass is 10.1. The molecule has 0 aliphatic rings. The average molecular weight is 568 g/mol. The van der Waals surface area contributed by atoms with E-state index in [-0.39, 0.29) is 17.3 Å². The second kappa shape index (κ2) is 13.6. The van der Waals surface area contributed by atoms with Crippen molar-refractivity contribution < 1.29 is 22.4 Å². The molecular weight excluding hydrogens is 529 g/mol. The molecule has 7 nitrogen and oxygen atoms in total. The second-order valence-corrected chi connectivity index (χ2v) is 11.9. The molecule has 1 N–H and O–H groups in total. The molecule has 0 saturated heterocycles. The van der Waals surface area contributed by atoms with Crippen LogP contribution in [0.1, 0.15) is 48.9 Å². The van der Waals surface area contributed by atoms with Crippen LogP contribution in [0.5, 0.6) is 0 Å². The highest BCUT2D eigenvalue weighted by Crippen LogP contribution is 2.28. The summed E-state index contributed by atoms with van der Waals surface area (Å²) in [5, 5.41) is 2.85. The summed E-state index contributed by atoms with van der Waals surface area (Å²) in [5.41, 5.74) is 3.42. The third kappa shape index (κ3) is 7.69. The highest BCUT2D eigenvalue weighted by molar-refractivity contribution is 7.92. The Bertz CT molecular complexity index is 1420. The van der Waals surface area contributed by atoms with Crippen molar-refractivity contribution in [1.29, 1.82) is 0 Å². The summed E-state index contributed by atoms with van der Waals surface area (Å²) < 4.78 is 42.6. The molecule has 1 atom stereocenters. The average Bonchev–Trinajstić information content (AvgIpc) is 2.92. The number of carbonyl (C=O) groups is 2. The summed E-state index contributed by atoms with van der Waals surface area (Å²) in [6.45, 7) is 9.08. The van der Waals surface area contributed by atoms with Gasteiger partial charge in [-0.3, -0.25) is 13.9 Å². The van der Waals surface area contributed by atoms with Gasteiger partial charge in [-0.1, -0.05) is 55.3 Å². The van der Waals surface area contributed by atoms with Crippen molar-refractivity contribution in [2.75, 3.05) is 17.4 Å². The molecule has 0 heterocycles. The lowest BCUT2D eigenvalue weighted by Crippen LogP contribution is -2.51. The van der Waals surface area contributed by atoms with Crippen molar-refractivity contribution in [3.63, 3.8) is 0 Å². The summed E-state index contributed by atoms with van der Waals surface area (Å²) in [4.78, 5) is 28.4. The van der Waals surface area contributed by atoms with Gasteiger partial charge in [-0.05, 0) is 81.1 Å². The maximum absolute atomic E-state index is 14.0. The molecule has 0 spiro atoms. The van der Waals surface area contributed by atoms with E-state index in [9.17, 15) is 22.4 Å². The van der Waals surface area contributed by atoms with Crippen LogP contribution >= 0.6 is 0 Å². The lowest BCUT2D eigenvalue weighted by molar-refractivity contribution is -0.139. The number of halogens is 1. The molecule has 3 rings (SSSR count). The Hall–Kier alpha value is -3.72. The molecule has 3 aromatic carbocycles. The Morgan fingerprint density at radius 3 is 2.17 bits per heavy atom. The Kier molecular flexibility index (Phi) is 10.5. The van der Waals surface area contributed by atoms with Crippen molar-refractivity contribution in [2.24, 2.45) is 0 Å². The largest absolute Gasteiger partial charge is 0.354 e. The summed E-state index contributed by atoms with van der Waals surface area (Å²) in [6, 6.07) is 16.7. The zero-order valence-electron chi connectivity index (χ0n) is 23.8. The number of nitrogens with one attached hydrogen (secondary N) is 1. The van der Waals surface area contributed by atoms with Crippen LogP contribution in [-0.4, -0.2) is 44.3 Å². The molecule has 0 aromatic heterocycles. The monoisotopic (exact) mass is 567 g/mol. The van der Waals surface area contributed by atoms with Crippen LogP contribution in [0.2, 0.25) is 0 Å². The van der Waals surface area contributed by atoms with Crippen LogP contribution in [0.15, 0.2) is 71.6 Å². The molecule has 0 radical (unpaired) electrons. The fourth-order valence-corrected chi connectivity index (χ4v) is 5.71. The Labute approximate surface area is 237 Å². The predicted molar refractivity (Wildman–Crippen MR) is 156 cm³/mol. The minimum atomic E-state index is -4.15. The number of aryl methyl sites for hydroxylation is 3. The molecule has 3 aromatic rings. The molecule has 2 amide bonds. The van der Waals surface area contributed by atoms with Crippen molar-refractivity contribution in [1.82, 2.24) is 10.2 Å². The number of nitrogens with zero attached hydrogens (tertiary/aromatic N) is 2. The van der Waals surface area contributed by atoms with E-state index in [1.54, 1.807) is 44.2 Å². The van der Waals surface area contributed by atoms with E-state index >= 15 is 0 Å². The van der Waals surface area contributed by atoms with Gasteiger partial charge in [-0.2, -0.15) is 0 Å². The van der Waals surface area contributed by atoms with Crippen molar-refractivity contribution in [3.05, 3.63) is 94.8 Å². The fraction of sp³-hybridized carbons (Fsp3) is 0.355. The van der Waals surface area contributed by atoms with Gasteiger partial charge < -0.3 is 10.2 Å².